The van der Waals surface area contributed by atoms with Crippen LogP contribution in [0.15, 0.2) is 22.0 Å². The molecule has 2 aromatic heterocycles. The van der Waals surface area contributed by atoms with E-state index in [0.717, 1.165) is 4.88 Å². The molecule has 0 aromatic carbocycles. The minimum Gasteiger partial charge on any atom is -0.375 e. The van der Waals surface area contributed by atoms with Crippen LogP contribution in [-0.2, 0) is 13.0 Å². The number of anilines is 1. The first-order valence-corrected chi connectivity index (χ1v) is 5.94. The summed E-state index contributed by atoms with van der Waals surface area (Å²) in [6.07, 6.45) is 3.79. The van der Waals surface area contributed by atoms with Gasteiger partial charge in [0.05, 0.1) is 6.54 Å². The van der Waals surface area contributed by atoms with Crippen molar-refractivity contribution in [1.82, 2.24) is 14.5 Å². The van der Waals surface area contributed by atoms with Gasteiger partial charge in [-0.25, -0.2) is 9.78 Å². The van der Waals surface area contributed by atoms with Crippen molar-refractivity contribution in [2.45, 2.75) is 19.9 Å². The number of hydrogen-bond acceptors (Lipinski definition) is 5. The van der Waals surface area contributed by atoms with Crippen LogP contribution in [0.5, 0.6) is 0 Å². The predicted molar refractivity (Wildman–Crippen MR) is 66.3 cm³/mol. The van der Waals surface area contributed by atoms with Crippen LogP contribution in [0.3, 0.4) is 0 Å². The number of rotatable bonds is 3. The van der Waals surface area contributed by atoms with Crippen LogP contribution < -0.4 is 17.0 Å². The largest absolute Gasteiger partial charge is 0.375 e. The SMILES string of the molecule is CCc1cn(Cc2cnc(N)s2)c(=O)[nH]c1=O. The van der Waals surface area contributed by atoms with Crippen molar-refractivity contribution >= 4 is 16.5 Å². The predicted octanol–water partition coefficient (Wildman–Crippen LogP) is 0.186. The summed E-state index contributed by atoms with van der Waals surface area (Å²) in [4.78, 5) is 30.0. The lowest BCUT2D eigenvalue weighted by Gasteiger charge is -2.04. The second kappa shape index (κ2) is 4.54. The van der Waals surface area contributed by atoms with Gasteiger partial charge in [0.1, 0.15) is 0 Å². The van der Waals surface area contributed by atoms with Gasteiger partial charge in [-0.3, -0.25) is 14.3 Å². The van der Waals surface area contributed by atoms with E-state index >= 15 is 0 Å². The van der Waals surface area contributed by atoms with E-state index in [0.29, 0.717) is 23.7 Å². The van der Waals surface area contributed by atoms with E-state index < -0.39 is 5.69 Å². The summed E-state index contributed by atoms with van der Waals surface area (Å²) in [5, 5.41) is 0.466. The Morgan fingerprint density at radius 3 is 2.88 bits per heavy atom. The summed E-state index contributed by atoms with van der Waals surface area (Å²) in [5.41, 5.74) is 5.36. The Morgan fingerprint density at radius 1 is 1.53 bits per heavy atom. The molecule has 0 bridgehead atoms. The number of nitrogens with zero attached hydrogens (tertiary/aromatic N) is 2. The lowest BCUT2D eigenvalue weighted by atomic mass is 10.2. The van der Waals surface area contributed by atoms with Gasteiger partial charge in [-0.2, -0.15) is 0 Å². The zero-order chi connectivity index (χ0) is 12.4. The summed E-state index contributed by atoms with van der Waals surface area (Å²) in [6, 6.07) is 0. The lowest BCUT2D eigenvalue weighted by Crippen LogP contribution is -2.31. The fourth-order valence-electron chi connectivity index (χ4n) is 1.49. The number of nitrogens with two attached hydrogens (primary N) is 1. The maximum Gasteiger partial charge on any atom is 0.328 e. The first kappa shape index (κ1) is 11.6. The van der Waals surface area contributed by atoms with Crippen molar-refractivity contribution in [2.24, 2.45) is 0 Å². The molecule has 0 unspecified atom stereocenters. The molecule has 7 heteroatoms. The number of aryl methyl sites for hydroxylation is 1. The van der Waals surface area contributed by atoms with Gasteiger partial charge in [0, 0.05) is 22.8 Å². The molecule has 2 heterocycles. The van der Waals surface area contributed by atoms with Crippen LogP contribution in [0.25, 0.3) is 0 Å². The molecule has 0 amide bonds. The van der Waals surface area contributed by atoms with E-state index in [1.165, 1.54) is 15.9 Å². The molecular weight excluding hydrogens is 240 g/mol. The molecule has 0 fully saturated rings. The second-order valence-electron chi connectivity index (χ2n) is 3.56. The van der Waals surface area contributed by atoms with Gasteiger partial charge in [0.25, 0.3) is 5.56 Å². The lowest BCUT2D eigenvalue weighted by molar-refractivity contribution is 0.714. The summed E-state index contributed by atoms with van der Waals surface area (Å²) in [5.74, 6) is 0. The standard InChI is InChI=1S/C10H12N4O2S/c1-2-6-4-14(10(16)13-8(6)15)5-7-3-12-9(11)17-7/h3-4H,2,5H2,1H3,(H2,11,12)(H,13,15,16). The van der Waals surface area contributed by atoms with Crippen LogP contribution in [0, 0.1) is 0 Å². The van der Waals surface area contributed by atoms with Gasteiger partial charge in [-0.15, -0.1) is 11.3 Å². The molecule has 2 rings (SSSR count). The smallest absolute Gasteiger partial charge is 0.328 e. The van der Waals surface area contributed by atoms with E-state index in [1.807, 2.05) is 6.92 Å². The molecule has 0 aliphatic carbocycles. The van der Waals surface area contributed by atoms with Gasteiger partial charge in [0.2, 0.25) is 0 Å². The molecule has 0 spiro atoms. The maximum atomic E-state index is 11.6. The number of thiazole rings is 1. The molecule has 6 nitrogen and oxygen atoms in total. The van der Waals surface area contributed by atoms with Gasteiger partial charge in [-0.1, -0.05) is 6.92 Å². The van der Waals surface area contributed by atoms with Crippen molar-refractivity contribution in [2.75, 3.05) is 5.73 Å². The van der Waals surface area contributed by atoms with Gasteiger partial charge in [-0.05, 0) is 6.42 Å². The van der Waals surface area contributed by atoms with Crippen molar-refractivity contribution in [3.05, 3.63) is 43.7 Å². The van der Waals surface area contributed by atoms with Crippen molar-refractivity contribution in [3.63, 3.8) is 0 Å². The molecule has 0 aliphatic rings. The number of hydrogen-bond donors (Lipinski definition) is 2. The Balaban J connectivity index is 2.39. The van der Waals surface area contributed by atoms with E-state index in [9.17, 15) is 9.59 Å². The monoisotopic (exact) mass is 252 g/mol. The molecule has 0 saturated carbocycles. The van der Waals surface area contributed by atoms with Crippen LogP contribution in [0.4, 0.5) is 5.13 Å². The third-order valence-electron chi connectivity index (χ3n) is 2.36. The zero-order valence-corrected chi connectivity index (χ0v) is 10.1. The zero-order valence-electron chi connectivity index (χ0n) is 9.27. The number of aromatic nitrogens is 3. The second-order valence-corrected chi connectivity index (χ2v) is 4.71. The summed E-state index contributed by atoms with van der Waals surface area (Å²) in [7, 11) is 0. The van der Waals surface area contributed by atoms with Crippen molar-refractivity contribution < 1.29 is 0 Å². The Labute approximate surface area is 101 Å². The number of nitrogen functional groups attached to an aromatic ring is 1. The topological polar surface area (TPSA) is 93.8 Å². The third kappa shape index (κ3) is 2.44. The molecule has 0 radical (unpaired) electrons. The van der Waals surface area contributed by atoms with Gasteiger partial charge >= 0.3 is 5.69 Å². The number of nitrogens with one attached hydrogen (secondary N) is 1. The highest BCUT2D eigenvalue weighted by Gasteiger charge is 2.05. The normalized spacial score (nSPS) is 10.6. The van der Waals surface area contributed by atoms with E-state index in [2.05, 4.69) is 9.97 Å². The molecule has 90 valence electrons. The maximum absolute atomic E-state index is 11.6. The van der Waals surface area contributed by atoms with Gasteiger partial charge < -0.3 is 5.73 Å². The highest BCUT2D eigenvalue weighted by molar-refractivity contribution is 7.15. The van der Waals surface area contributed by atoms with E-state index in [1.54, 1.807) is 12.4 Å². The van der Waals surface area contributed by atoms with Crippen molar-refractivity contribution in [1.29, 1.82) is 0 Å². The summed E-state index contributed by atoms with van der Waals surface area (Å²) in [6.45, 7) is 2.24. The Kier molecular flexibility index (Phi) is 3.10. The molecule has 17 heavy (non-hydrogen) atoms. The molecule has 0 saturated heterocycles. The highest BCUT2D eigenvalue weighted by Crippen LogP contribution is 2.14. The van der Waals surface area contributed by atoms with E-state index in [-0.39, 0.29) is 5.56 Å². The fraction of sp³-hybridized carbons (Fsp3) is 0.300. The summed E-state index contributed by atoms with van der Waals surface area (Å²) < 4.78 is 1.45. The van der Waals surface area contributed by atoms with Crippen LogP contribution in [-0.4, -0.2) is 14.5 Å². The Bertz CT molecular complexity index is 640. The van der Waals surface area contributed by atoms with Crippen LogP contribution >= 0.6 is 11.3 Å². The van der Waals surface area contributed by atoms with Crippen molar-refractivity contribution in [3.8, 4) is 0 Å². The average Bonchev–Trinajstić information content (AvgIpc) is 2.68. The summed E-state index contributed by atoms with van der Waals surface area (Å²) >= 11 is 1.32. The first-order chi connectivity index (χ1) is 8.10. The Morgan fingerprint density at radius 2 is 2.29 bits per heavy atom. The third-order valence-corrected chi connectivity index (χ3v) is 3.17. The van der Waals surface area contributed by atoms with Crippen LogP contribution in [0.2, 0.25) is 0 Å². The first-order valence-electron chi connectivity index (χ1n) is 5.13. The van der Waals surface area contributed by atoms with Crippen LogP contribution in [0.1, 0.15) is 17.4 Å². The minimum absolute atomic E-state index is 0.322. The molecular formula is C10H12N4O2S. The molecule has 2 aromatic rings. The quantitative estimate of drug-likeness (QED) is 0.815. The minimum atomic E-state index is -0.417. The highest BCUT2D eigenvalue weighted by atomic mass is 32.1. The molecule has 3 N–H and O–H groups in total. The fourth-order valence-corrected chi connectivity index (χ4v) is 2.17. The number of H-pyrrole nitrogens is 1. The molecule has 0 atom stereocenters. The average molecular weight is 252 g/mol. The van der Waals surface area contributed by atoms with Gasteiger partial charge in [0.15, 0.2) is 5.13 Å². The van der Waals surface area contributed by atoms with E-state index in [4.69, 9.17) is 5.73 Å². The Hall–Kier alpha value is -1.89. The number of aromatic amines is 1. The molecule has 0 aliphatic heterocycles.